The molecule has 0 saturated carbocycles. The fourth-order valence-electron chi connectivity index (χ4n) is 1.64. The number of pyridine rings is 1. The highest BCUT2D eigenvalue weighted by Gasteiger charge is 2.20. The summed E-state index contributed by atoms with van der Waals surface area (Å²) in [4.78, 5) is 4.27. The van der Waals surface area contributed by atoms with Crippen molar-refractivity contribution in [1.82, 2.24) is 4.98 Å². The largest absolute Gasteiger partial charge is 0.481 e. The summed E-state index contributed by atoms with van der Waals surface area (Å²) in [5.74, 6) is 0.676. The molecule has 1 aromatic heterocycles. The zero-order chi connectivity index (χ0) is 11.5. The summed E-state index contributed by atoms with van der Waals surface area (Å²) in [5.41, 5.74) is 7.91. The van der Waals surface area contributed by atoms with Gasteiger partial charge in [0.1, 0.15) is 0 Å². The molecular weight excluding hydrogens is 188 g/mol. The minimum atomic E-state index is 0.0791. The summed E-state index contributed by atoms with van der Waals surface area (Å²) in [6, 6.07) is 4.08. The fraction of sp³-hybridized carbons (Fsp3) is 0.583. The number of ether oxygens (including phenoxy) is 1. The van der Waals surface area contributed by atoms with Gasteiger partial charge < -0.3 is 10.5 Å². The van der Waals surface area contributed by atoms with Crippen molar-refractivity contribution in [3.63, 3.8) is 0 Å². The molecule has 0 aliphatic heterocycles. The van der Waals surface area contributed by atoms with Crippen molar-refractivity contribution in [2.24, 2.45) is 5.73 Å². The van der Waals surface area contributed by atoms with Crippen LogP contribution in [-0.4, -0.2) is 18.6 Å². The van der Waals surface area contributed by atoms with Crippen molar-refractivity contribution in [2.75, 3.05) is 13.7 Å². The Morgan fingerprint density at radius 3 is 2.60 bits per heavy atom. The van der Waals surface area contributed by atoms with Gasteiger partial charge in [0, 0.05) is 11.8 Å². The molecule has 1 heterocycles. The summed E-state index contributed by atoms with van der Waals surface area (Å²) in [5, 5.41) is 0. The van der Waals surface area contributed by atoms with E-state index in [0.717, 1.165) is 12.1 Å². The Balaban J connectivity index is 3.07. The second-order valence-electron chi connectivity index (χ2n) is 4.46. The van der Waals surface area contributed by atoms with Crippen molar-refractivity contribution >= 4 is 0 Å². The zero-order valence-corrected chi connectivity index (χ0v) is 10.0. The van der Waals surface area contributed by atoms with Crippen LogP contribution in [0.15, 0.2) is 12.1 Å². The molecule has 0 aliphatic carbocycles. The van der Waals surface area contributed by atoms with Crippen LogP contribution in [0.3, 0.4) is 0 Å². The topological polar surface area (TPSA) is 48.1 Å². The maximum absolute atomic E-state index is 5.61. The molecule has 0 bridgehead atoms. The van der Waals surface area contributed by atoms with Crippen LogP contribution < -0.4 is 10.5 Å². The fourth-order valence-corrected chi connectivity index (χ4v) is 1.64. The summed E-state index contributed by atoms with van der Waals surface area (Å²) in [7, 11) is 1.64. The van der Waals surface area contributed by atoms with Crippen LogP contribution in [0.2, 0.25) is 0 Å². The molecule has 0 saturated heterocycles. The first-order valence-electron chi connectivity index (χ1n) is 5.23. The third-order valence-electron chi connectivity index (χ3n) is 2.69. The van der Waals surface area contributed by atoms with E-state index in [1.54, 1.807) is 7.11 Å². The smallest absolute Gasteiger partial charge is 0.213 e. The molecule has 15 heavy (non-hydrogen) atoms. The van der Waals surface area contributed by atoms with Gasteiger partial charge in [0.05, 0.1) is 7.11 Å². The molecule has 84 valence electrons. The van der Waals surface area contributed by atoms with Crippen molar-refractivity contribution < 1.29 is 4.74 Å². The Morgan fingerprint density at radius 1 is 1.40 bits per heavy atom. The molecule has 1 rings (SSSR count). The molecule has 0 atom stereocenters. The van der Waals surface area contributed by atoms with Crippen LogP contribution in [0.5, 0.6) is 5.88 Å². The van der Waals surface area contributed by atoms with Gasteiger partial charge in [0.25, 0.3) is 0 Å². The summed E-state index contributed by atoms with van der Waals surface area (Å²) < 4.78 is 5.17. The van der Waals surface area contributed by atoms with E-state index in [-0.39, 0.29) is 5.41 Å². The van der Waals surface area contributed by atoms with Gasteiger partial charge in [-0.1, -0.05) is 13.8 Å². The molecule has 0 aromatic carbocycles. The molecule has 3 heteroatoms. The first-order valence-corrected chi connectivity index (χ1v) is 5.23. The standard InChI is InChI=1S/C12H20N2O/c1-9-7-10(8-11(14-9)15-4)12(2,3)5-6-13/h7-8H,5-6,13H2,1-4H3. The number of hydrogen-bond acceptors (Lipinski definition) is 3. The van der Waals surface area contributed by atoms with Crippen molar-refractivity contribution in [1.29, 1.82) is 0 Å². The molecule has 0 spiro atoms. The van der Waals surface area contributed by atoms with E-state index in [1.165, 1.54) is 5.56 Å². The van der Waals surface area contributed by atoms with Crippen molar-refractivity contribution in [3.8, 4) is 5.88 Å². The lowest BCUT2D eigenvalue weighted by molar-refractivity contribution is 0.392. The molecule has 0 amide bonds. The van der Waals surface area contributed by atoms with E-state index in [0.29, 0.717) is 12.4 Å². The Kier molecular flexibility index (Phi) is 3.69. The van der Waals surface area contributed by atoms with Crippen LogP contribution in [0.1, 0.15) is 31.5 Å². The minimum absolute atomic E-state index is 0.0791. The third-order valence-corrected chi connectivity index (χ3v) is 2.69. The van der Waals surface area contributed by atoms with E-state index in [2.05, 4.69) is 24.9 Å². The molecule has 0 fully saturated rings. The molecule has 0 unspecified atom stereocenters. The Morgan fingerprint density at radius 2 is 2.07 bits per heavy atom. The first kappa shape index (κ1) is 12.0. The molecule has 1 aromatic rings. The quantitative estimate of drug-likeness (QED) is 0.823. The second kappa shape index (κ2) is 4.62. The Labute approximate surface area is 91.7 Å². The maximum atomic E-state index is 5.61. The third kappa shape index (κ3) is 2.93. The summed E-state index contributed by atoms with van der Waals surface area (Å²) >= 11 is 0. The number of methoxy groups -OCH3 is 1. The van der Waals surface area contributed by atoms with Crippen LogP contribution in [0, 0.1) is 6.92 Å². The van der Waals surface area contributed by atoms with E-state index < -0.39 is 0 Å². The van der Waals surface area contributed by atoms with Gasteiger partial charge in [0.15, 0.2) is 0 Å². The lowest BCUT2D eigenvalue weighted by Crippen LogP contribution is -2.22. The highest BCUT2D eigenvalue weighted by Crippen LogP contribution is 2.28. The van der Waals surface area contributed by atoms with E-state index in [1.807, 2.05) is 13.0 Å². The molecular formula is C12H20N2O. The number of rotatable bonds is 4. The van der Waals surface area contributed by atoms with E-state index in [4.69, 9.17) is 10.5 Å². The summed E-state index contributed by atoms with van der Waals surface area (Å²) in [6.07, 6.45) is 0.958. The van der Waals surface area contributed by atoms with Crippen LogP contribution in [0.4, 0.5) is 0 Å². The van der Waals surface area contributed by atoms with Gasteiger partial charge in [-0.3, -0.25) is 0 Å². The van der Waals surface area contributed by atoms with Gasteiger partial charge in [-0.25, -0.2) is 4.98 Å². The average Bonchev–Trinajstić information content (AvgIpc) is 2.16. The SMILES string of the molecule is COc1cc(C(C)(C)CCN)cc(C)n1. The van der Waals surface area contributed by atoms with Crippen molar-refractivity contribution in [3.05, 3.63) is 23.4 Å². The first-order chi connectivity index (χ1) is 6.99. The highest BCUT2D eigenvalue weighted by molar-refractivity contribution is 5.30. The van der Waals surface area contributed by atoms with Crippen molar-refractivity contribution in [2.45, 2.75) is 32.6 Å². The number of nitrogens with two attached hydrogens (primary N) is 1. The molecule has 0 aliphatic rings. The average molecular weight is 208 g/mol. The van der Waals surface area contributed by atoms with E-state index >= 15 is 0 Å². The lowest BCUT2D eigenvalue weighted by atomic mass is 9.82. The summed E-state index contributed by atoms with van der Waals surface area (Å²) in [6.45, 7) is 7.05. The normalized spacial score (nSPS) is 11.5. The predicted octanol–water partition coefficient (Wildman–Crippen LogP) is 2.03. The monoisotopic (exact) mass is 208 g/mol. The van der Waals surface area contributed by atoms with E-state index in [9.17, 15) is 0 Å². The van der Waals surface area contributed by atoms with Gasteiger partial charge in [-0.05, 0) is 36.9 Å². The van der Waals surface area contributed by atoms with Gasteiger partial charge in [-0.15, -0.1) is 0 Å². The lowest BCUT2D eigenvalue weighted by Gasteiger charge is -2.25. The number of aromatic nitrogens is 1. The van der Waals surface area contributed by atoms with Crippen LogP contribution in [-0.2, 0) is 5.41 Å². The van der Waals surface area contributed by atoms with Crippen LogP contribution in [0.25, 0.3) is 0 Å². The van der Waals surface area contributed by atoms with Gasteiger partial charge in [-0.2, -0.15) is 0 Å². The number of hydrogen-bond donors (Lipinski definition) is 1. The van der Waals surface area contributed by atoms with Crippen LogP contribution >= 0.6 is 0 Å². The molecule has 2 N–H and O–H groups in total. The predicted molar refractivity (Wildman–Crippen MR) is 62.2 cm³/mol. The van der Waals surface area contributed by atoms with Gasteiger partial charge in [0.2, 0.25) is 5.88 Å². The maximum Gasteiger partial charge on any atom is 0.213 e. The number of nitrogens with zero attached hydrogens (tertiary/aromatic N) is 1. The molecule has 0 radical (unpaired) electrons. The second-order valence-corrected chi connectivity index (χ2v) is 4.46. The Bertz CT molecular complexity index is 334. The molecule has 3 nitrogen and oxygen atoms in total. The highest BCUT2D eigenvalue weighted by atomic mass is 16.5. The minimum Gasteiger partial charge on any atom is -0.481 e. The number of aryl methyl sites for hydroxylation is 1. The Hall–Kier alpha value is -1.09. The van der Waals surface area contributed by atoms with Gasteiger partial charge >= 0.3 is 0 Å². The zero-order valence-electron chi connectivity index (χ0n) is 10.0.